The van der Waals surface area contributed by atoms with Crippen LogP contribution in [0.5, 0.6) is 0 Å². The second kappa shape index (κ2) is 7.27. The lowest BCUT2D eigenvalue weighted by molar-refractivity contribution is -0.139. The lowest BCUT2D eigenvalue weighted by atomic mass is 10.1. The number of carboxylic acid groups (broad SMARTS) is 1. The van der Waals surface area contributed by atoms with Crippen LogP contribution in [0, 0.1) is 11.8 Å². The van der Waals surface area contributed by atoms with Gasteiger partial charge in [-0.25, -0.2) is 9.48 Å². The predicted molar refractivity (Wildman–Crippen MR) is 97.1 cm³/mol. The molecule has 7 heteroatoms. The molecule has 2 N–H and O–H groups in total. The number of carbonyl (C=O) groups is 2. The average Bonchev–Trinajstić information content (AvgIpc) is 3.40. The fraction of sp³-hybridized carbons (Fsp3) is 0.474. The summed E-state index contributed by atoms with van der Waals surface area (Å²) in [7, 11) is 0. The van der Waals surface area contributed by atoms with E-state index in [4.69, 9.17) is 0 Å². The number of carboxylic acids is 1. The summed E-state index contributed by atoms with van der Waals surface area (Å²) >= 11 is 0. The van der Waals surface area contributed by atoms with Gasteiger partial charge < -0.3 is 10.4 Å². The van der Waals surface area contributed by atoms with E-state index < -0.39 is 17.9 Å². The third-order valence-electron chi connectivity index (χ3n) is 4.49. The molecule has 0 bridgehead atoms. The first-order valence-electron chi connectivity index (χ1n) is 8.90. The largest absolute Gasteiger partial charge is 0.480 e. The van der Waals surface area contributed by atoms with Crippen LogP contribution in [0.1, 0.15) is 43.6 Å². The first-order chi connectivity index (χ1) is 12.4. The van der Waals surface area contributed by atoms with Crippen LogP contribution < -0.4 is 10.9 Å². The standard InChI is InChI=1S/C19H23N3O4/c1-11(2)10-22-18(24)14-6-4-3-5-13(14)16(21-22)17(23)20-15(19(25)26)9-12-7-8-12/h3-6,11-12,15H,7-10H2,1-2H3,(H,20,23)(H,25,26). The zero-order valence-corrected chi connectivity index (χ0v) is 14.9. The molecule has 1 saturated carbocycles. The summed E-state index contributed by atoms with van der Waals surface area (Å²) in [6.45, 7) is 4.30. The van der Waals surface area contributed by atoms with Crippen LogP contribution in [-0.2, 0) is 11.3 Å². The van der Waals surface area contributed by atoms with Gasteiger partial charge >= 0.3 is 5.97 Å². The van der Waals surface area contributed by atoms with Gasteiger partial charge in [-0.3, -0.25) is 9.59 Å². The maximum atomic E-state index is 12.8. The highest BCUT2D eigenvalue weighted by atomic mass is 16.4. The van der Waals surface area contributed by atoms with Gasteiger partial charge in [-0.2, -0.15) is 5.10 Å². The fourth-order valence-corrected chi connectivity index (χ4v) is 3.01. The van der Waals surface area contributed by atoms with E-state index >= 15 is 0 Å². The van der Waals surface area contributed by atoms with Crippen molar-refractivity contribution in [3.05, 3.63) is 40.3 Å². The van der Waals surface area contributed by atoms with Gasteiger partial charge in [0.2, 0.25) is 0 Å². The minimum absolute atomic E-state index is 0.0860. The smallest absolute Gasteiger partial charge is 0.326 e. The van der Waals surface area contributed by atoms with Crippen molar-refractivity contribution in [2.75, 3.05) is 0 Å². The molecule has 2 aromatic rings. The monoisotopic (exact) mass is 357 g/mol. The molecule has 0 aliphatic heterocycles. The summed E-state index contributed by atoms with van der Waals surface area (Å²) in [5.41, 5.74) is -0.165. The number of fused-ring (bicyclic) bond motifs is 1. The third kappa shape index (κ3) is 3.92. The van der Waals surface area contributed by atoms with Gasteiger partial charge in [-0.1, -0.05) is 44.9 Å². The molecular formula is C19H23N3O4. The van der Waals surface area contributed by atoms with Crippen molar-refractivity contribution >= 4 is 22.6 Å². The molecule has 1 atom stereocenters. The topological polar surface area (TPSA) is 101 Å². The molecule has 1 fully saturated rings. The molecule has 0 spiro atoms. The lowest BCUT2D eigenvalue weighted by Gasteiger charge is -2.16. The minimum atomic E-state index is -1.05. The van der Waals surface area contributed by atoms with Gasteiger partial charge in [-0.15, -0.1) is 0 Å². The van der Waals surface area contributed by atoms with Gasteiger partial charge in [0.05, 0.1) is 5.39 Å². The Bertz CT molecular complexity index is 899. The lowest BCUT2D eigenvalue weighted by Crippen LogP contribution is -2.42. The first-order valence-corrected chi connectivity index (χ1v) is 8.90. The maximum Gasteiger partial charge on any atom is 0.326 e. The Morgan fingerprint density at radius 1 is 1.27 bits per heavy atom. The van der Waals surface area contributed by atoms with Crippen LogP contribution in [0.15, 0.2) is 29.1 Å². The SMILES string of the molecule is CC(C)Cn1nc(C(=O)NC(CC2CC2)C(=O)O)c2ccccc2c1=O. The maximum absolute atomic E-state index is 12.8. The van der Waals surface area contributed by atoms with E-state index in [0.29, 0.717) is 29.7 Å². The van der Waals surface area contributed by atoms with E-state index in [-0.39, 0.29) is 17.2 Å². The number of benzene rings is 1. The van der Waals surface area contributed by atoms with E-state index in [2.05, 4.69) is 10.4 Å². The van der Waals surface area contributed by atoms with E-state index in [1.807, 2.05) is 13.8 Å². The molecule has 26 heavy (non-hydrogen) atoms. The second-order valence-corrected chi connectivity index (χ2v) is 7.32. The second-order valence-electron chi connectivity index (χ2n) is 7.32. The fourth-order valence-electron chi connectivity index (χ4n) is 3.01. The summed E-state index contributed by atoms with van der Waals surface area (Å²) in [5.74, 6) is -1.08. The molecule has 138 valence electrons. The number of nitrogens with one attached hydrogen (secondary N) is 1. The Morgan fingerprint density at radius 2 is 1.92 bits per heavy atom. The van der Waals surface area contributed by atoms with Crippen LogP contribution >= 0.6 is 0 Å². The molecule has 7 nitrogen and oxygen atoms in total. The van der Waals surface area contributed by atoms with Crippen LogP contribution in [0.4, 0.5) is 0 Å². The molecule has 1 heterocycles. The molecule has 3 rings (SSSR count). The minimum Gasteiger partial charge on any atom is -0.480 e. The van der Waals surface area contributed by atoms with E-state index in [9.17, 15) is 19.5 Å². The van der Waals surface area contributed by atoms with E-state index in [0.717, 1.165) is 12.8 Å². The van der Waals surface area contributed by atoms with Crippen LogP contribution in [0.2, 0.25) is 0 Å². The highest BCUT2D eigenvalue weighted by molar-refractivity contribution is 6.05. The van der Waals surface area contributed by atoms with Crippen molar-refractivity contribution in [1.82, 2.24) is 15.1 Å². The number of aromatic nitrogens is 2. The van der Waals surface area contributed by atoms with Gasteiger partial charge in [0, 0.05) is 11.9 Å². The van der Waals surface area contributed by atoms with Crippen LogP contribution in [0.3, 0.4) is 0 Å². The zero-order valence-electron chi connectivity index (χ0n) is 14.9. The Balaban J connectivity index is 1.99. The number of hydrogen-bond acceptors (Lipinski definition) is 4. The summed E-state index contributed by atoms with van der Waals surface area (Å²) in [6, 6.07) is 5.84. The summed E-state index contributed by atoms with van der Waals surface area (Å²) in [4.78, 5) is 36.8. The molecule has 0 saturated heterocycles. The van der Waals surface area contributed by atoms with Crippen molar-refractivity contribution in [1.29, 1.82) is 0 Å². The highest BCUT2D eigenvalue weighted by Crippen LogP contribution is 2.33. The molecular weight excluding hydrogens is 334 g/mol. The number of amides is 1. The van der Waals surface area contributed by atoms with Crippen LogP contribution in [0.25, 0.3) is 10.8 Å². The Morgan fingerprint density at radius 3 is 2.50 bits per heavy atom. The molecule has 1 aromatic heterocycles. The highest BCUT2D eigenvalue weighted by Gasteiger charge is 2.31. The number of aliphatic carboxylic acids is 1. The Kier molecular flexibility index (Phi) is 5.06. The molecule has 0 radical (unpaired) electrons. The normalized spacial score (nSPS) is 15.2. The Labute approximate surface area is 151 Å². The Hall–Kier alpha value is -2.70. The molecule has 1 amide bonds. The summed E-state index contributed by atoms with van der Waals surface area (Å²) in [5, 5.41) is 17.1. The van der Waals surface area contributed by atoms with Crippen molar-refractivity contribution < 1.29 is 14.7 Å². The first kappa shape index (κ1) is 18.1. The molecule has 1 aliphatic carbocycles. The predicted octanol–water partition coefficient (Wildman–Crippen LogP) is 2.04. The summed E-state index contributed by atoms with van der Waals surface area (Å²) < 4.78 is 1.29. The van der Waals surface area contributed by atoms with Crippen molar-refractivity contribution in [3.8, 4) is 0 Å². The van der Waals surface area contributed by atoms with Crippen molar-refractivity contribution in [2.45, 2.75) is 45.7 Å². The molecule has 1 unspecified atom stereocenters. The van der Waals surface area contributed by atoms with E-state index in [1.54, 1.807) is 24.3 Å². The number of hydrogen-bond donors (Lipinski definition) is 2. The van der Waals surface area contributed by atoms with Crippen molar-refractivity contribution in [2.24, 2.45) is 11.8 Å². The van der Waals surface area contributed by atoms with Gasteiger partial charge in [0.25, 0.3) is 11.5 Å². The number of carbonyl (C=O) groups excluding carboxylic acids is 1. The molecule has 1 aliphatic rings. The zero-order chi connectivity index (χ0) is 18.8. The third-order valence-corrected chi connectivity index (χ3v) is 4.49. The molecule has 1 aromatic carbocycles. The van der Waals surface area contributed by atoms with Crippen molar-refractivity contribution in [3.63, 3.8) is 0 Å². The van der Waals surface area contributed by atoms with Crippen LogP contribution in [-0.4, -0.2) is 32.8 Å². The van der Waals surface area contributed by atoms with Gasteiger partial charge in [0.15, 0.2) is 5.69 Å². The number of nitrogens with zero attached hydrogens (tertiary/aromatic N) is 2. The average molecular weight is 357 g/mol. The van der Waals surface area contributed by atoms with E-state index in [1.165, 1.54) is 4.68 Å². The summed E-state index contributed by atoms with van der Waals surface area (Å²) in [6.07, 6.45) is 2.42. The van der Waals surface area contributed by atoms with Gasteiger partial charge in [0.1, 0.15) is 6.04 Å². The number of rotatable bonds is 7. The quantitative estimate of drug-likeness (QED) is 0.789. The van der Waals surface area contributed by atoms with Gasteiger partial charge in [-0.05, 0) is 24.3 Å².